The number of carbonyl (C=O) groups excluding carboxylic acids is 1. The molecule has 0 aromatic heterocycles. The lowest BCUT2D eigenvalue weighted by atomic mass is 10.0. The first-order valence-electron chi connectivity index (χ1n) is 8.90. The molecule has 1 aliphatic rings. The second kappa shape index (κ2) is 9.45. The molecule has 0 atom stereocenters. The first-order valence-corrected chi connectivity index (χ1v) is 10.8. The molecule has 1 aliphatic heterocycles. The number of ether oxygens (including phenoxy) is 1. The van der Waals surface area contributed by atoms with Crippen LogP contribution in [0.2, 0.25) is 0 Å². The number of aryl methyl sites for hydroxylation is 1. The second-order valence-corrected chi connectivity index (χ2v) is 8.43. The van der Waals surface area contributed by atoms with Crippen molar-refractivity contribution in [1.82, 2.24) is 9.80 Å². The van der Waals surface area contributed by atoms with Crippen LogP contribution in [0.4, 0.5) is 0 Å². The van der Waals surface area contributed by atoms with Gasteiger partial charge >= 0.3 is 0 Å². The van der Waals surface area contributed by atoms with Gasteiger partial charge < -0.3 is 14.7 Å². The predicted octanol–water partition coefficient (Wildman–Crippen LogP) is 0.419. The number of carbonyl (C=O) groups is 1. The number of aliphatic hydroxyl groups excluding tert-OH is 1. The van der Waals surface area contributed by atoms with E-state index in [1.807, 2.05) is 6.92 Å². The van der Waals surface area contributed by atoms with Crippen molar-refractivity contribution in [2.75, 3.05) is 58.8 Å². The van der Waals surface area contributed by atoms with Crippen molar-refractivity contribution >= 4 is 15.7 Å². The molecule has 1 fully saturated rings. The summed E-state index contributed by atoms with van der Waals surface area (Å²) in [6.45, 7) is 6.20. The van der Waals surface area contributed by atoms with Gasteiger partial charge in [0.05, 0.1) is 24.7 Å². The minimum atomic E-state index is -3.39. The SMILES string of the molecule is CCc1ccc(S(C)(=O)=O)cc1C(=O)N(CCO)CCN1CCOCC1. The van der Waals surface area contributed by atoms with Crippen LogP contribution in [0, 0.1) is 0 Å². The largest absolute Gasteiger partial charge is 0.395 e. The van der Waals surface area contributed by atoms with Gasteiger partial charge in [-0.3, -0.25) is 9.69 Å². The van der Waals surface area contributed by atoms with E-state index in [1.165, 1.54) is 12.1 Å². The number of sulfone groups is 1. The Labute approximate surface area is 155 Å². The van der Waals surface area contributed by atoms with Gasteiger partial charge in [-0.25, -0.2) is 8.42 Å². The average Bonchev–Trinajstić information content (AvgIpc) is 2.64. The molecule has 1 heterocycles. The summed E-state index contributed by atoms with van der Waals surface area (Å²) in [5.74, 6) is -0.241. The van der Waals surface area contributed by atoms with Gasteiger partial charge in [-0.15, -0.1) is 0 Å². The normalized spacial score (nSPS) is 15.8. The molecule has 1 aromatic rings. The van der Waals surface area contributed by atoms with Crippen molar-refractivity contribution in [3.63, 3.8) is 0 Å². The van der Waals surface area contributed by atoms with E-state index in [9.17, 15) is 18.3 Å². The number of hydrogen-bond acceptors (Lipinski definition) is 6. The van der Waals surface area contributed by atoms with E-state index in [0.29, 0.717) is 38.3 Å². The minimum Gasteiger partial charge on any atom is -0.395 e. The molecule has 146 valence electrons. The van der Waals surface area contributed by atoms with E-state index < -0.39 is 9.84 Å². The molecular weight excluding hydrogens is 356 g/mol. The van der Waals surface area contributed by atoms with Crippen LogP contribution >= 0.6 is 0 Å². The Bertz CT molecular complexity index is 714. The van der Waals surface area contributed by atoms with Crippen molar-refractivity contribution < 1.29 is 23.1 Å². The van der Waals surface area contributed by atoms with Gasteiger partial charge in [0, 0.05) is 44.5 Å². The summed E-state index contributed by atoms with van der Waals surface area (Å²) in [6, 6.07) is 4.69. The predicted molar refractivity (Wildman–Crippen MR) is 99.2 cm³/mol. The van der Waals surface area contributed by atoms with E-state index in [-0.39, 0.29) is 24.0 Å². The third-order valence-corrected chi connectivity index (χ3v) is 5.68. The molecule has 1 aromatic carbocycles. The van der Waals surface area contributed by atoms with Gasteiger partial charge in [-0.1, -0.05) is 13.0 Å². The van der Waals surface area contributed by atoms with E-state index >= 15 is 0 Å². The maximum absolute atomic E-state index is 13.0. The molecule has 7 nitrogen and oxygen atoms in total. The zero-order valence-corrected chi connectivity index (χ0v) is 16.3. The highest BCUT2D eigenvalue weighted by atomic mass is 32.2. The molecule has 0 unspecified atom stereocenters. The Hall–Kier alpha value is -1.48. The van der Waals surface area contributed by atoms with Crippen LogP contribution in [0.15, 0.2) is 23.1 Å². The Morgan fingerprint density at radius 1 is 1.27 bits per heavy atom. The van der Waals surface area contributed by atoms with Gasteiger partial charge in [0.1, 0.15) is 0 Å². The summed E-state index contributed by atoms with van der Waals surface area (Å²) >= 11 is 0. The maximum Gasteiger partial charge on any atom is 0.254 e. The number of amides is 1. The molecular formula is C18H28N2O5S. The van der Waals surface area contributed by atoms with Crippen molar-refractivity contribution in [1.29, 1.82) is 0 Å². The fourth-order valence-corrected chi connectivity index (χ4v) is 3.63. The first kappa shape index (κ1) is 20.8. The van der Waals surface area contributed by atoms with Crippen molar-refractivity contribution in [3.05, 3.63) is 29.3 Å². The van der Waals surface area contributed by atoms with Crippen LogP contribution in [-0.2, 0) is 21.0 Å². The van der Waals surface area contributed by atoms with Crippen molar-refractivity contribution in [2.24, 2.45) is 0 Å². The highest BCUT2D eigenvalue weighted by molar-refractivity contribution is 7.90. The fraction of sp³-hybridized carbons (Fsp3) is 0.611. The Morgan fingerprint density at radius 2 is 1.96 bits per heavy atom. The lowest BCUT2D eigenvalue weighted by Crippen LogP contribution is -2.44. The smallest absolute Gasteiger partial charge is 0.254 e. The molecule has 1 N–H and O–H groups in total. The van der Waals surface area contributed by atoms with Crippen molar-refractivity contribution in [3.8, 4) is 0 Å². The van der Waals surface area contributed by atoms with Gasteiger partial charge in [0.25, 0.3) is 5.91 Å². The summed E-state index contributed by atoms with van der Waals surface area (Å²) in [6.07, 6.45) is 1.76. The molecule has 8 heteroatoms. The number of nitrogens with zero attached hydrogens (tertiary/aromatic N) is 2. The number of rotatable bonds is 8. The van der Waals surface area contributed by atoms with Gasteiger partial charge in [-0.05, 0) is 24.1 Å². The third kappa shape index (κ3) is 5.51. The van der Waals surface area contributed by atoms with Crippen LogP contribution < -0.4 is 0 Å². The standard InChI is InChI=1S/C18H28N2O5S/c1-3-15-4-5-16(26(2,23)24)14-17(15)18(22)20(8-11-21)7-6-19-9-12-25-13-10-19/h4-5,14,21H,3,6-13H2,1-2H3. The van der Waals surface area contributed by atoms with E-state index in [0.717, 1.165) is 24.9 Å². The average molecular weight is 384 g/mol. The number of aliphatic hydroxyl groups is 1. The Kier molecular flexibility index (Phi) is 7.57. The van der Waals surface area contributed by atoms with Gasteiger partial charge in [0.2, 0.25) is 0 Å². The molecule has 26 heavy (non-hydrogen) atoms. The topological polar surface area (TPSA) is 87.2 Å². The third-order valence-electron chi connectivity index (χ3n) is 4.57. The minimum absolute atomic E-state index is 0.134. The van der Waals surface area contributed by atoms with Gasteiger partial charge in [-0.2, -0.15) is 0 Å². The van der Waals surface area contributed by atoms with Crippen LogP contribution in [0.1, 0.15) is 22.8 Å². The summed E-state index contributed by atoms with van der Waals surface area (Å²) in [5, 5.41) is 9.36. The summed E-state index contributed by atoms with van der Waals surface area (Å²) in [5.41, 5.74) is 1.20. The van der Waals surface area contributed by atoms with E-state index in [2.05, 4.69) is 4.90 Å². The summed E-state index contributed by atoms with van der Waals surface area (Å²) in [7, 11) is -3.39. The number of hydrogen-bond donors (Lipinski definition) is 1. The molecule has 1 saturated heterocycles. The molecule has 1 amide bonds. The quantitative estimate of drug-likeness (QED) is 0.699. The molecule has 0 spiro atoms. The van der Waals surface area contributed by atoms with E-state index in [1.54, 1.807) is 11.0 Å². The zero-order chi connectivity index (χ0) is 19.2. The summed E-state index contributed by atoms with van der Waals surface area (Å²) in [4.78, 5) is 17.0. The highest BCUT2D eigenvalue weighted by Crippen LogP contribution is 2.19. The van der Waals surface area contributed by atoms with Crippen LogP contribution in [-0.4, -0.2) is 88.0 Å². The Morgan fingerprint density at radius 3 is 2.54 bits per heavy atom. The molecule has 0 aliphatic carbocycles. The molecule has 2 rings (SSSR count). The fourth-order valence-electron chi connectivity index (χ4n) is 2.99. The maximum atomic E-state index is 13.0. The van der Waals surface area contributed by atoms with Gasteiger partial charge in [0.15, 0.2) is 9.84 Å². The lowest BCUT2D eigenvalue weighted by molar-refractivity contribution is 0.0315. The molecule has 0 radical (unpaired) electrons. The molecule has 0 bridgehead atoms. The zero-order valence-electron chi connectivity index (χ0n) is 15.5. The second-order valence-electron chi connectivity index (χ2n) is 6.41. The Balaban J connectivity index is 2.20. The molecule has 0 saturated carbocycles. The highest BCUT2D eigenvalue weighted by Gasteiger charge is 2.21. The number of morpholine rings is 1. The lowest BCUT2D eigenvalue weighted by Gasteiger charge is -2.30. The van der Waals surface area contributed by atoms with Crippen molar-refractivity contribution in [2.45, 2.75) is 18.2 Å². The van der Waals surface area contributed by atoms with Crippen LogP contribution in [0.5, 0.6) is 0 Å². The van der Waals surface area contributed by atoms with Crippen LogP contribution in [0.25, 0.3) is 0 Å². The number of benzene rings is 1. The first-order chi connectivity index (χ1) is 12.4. The van der Waals surface area contributed by atoms with Crippen LogP contribution in [0.3, 0.4) is 0 Å². The monoisotopic (exact) mass is 384 g/mol. The summed E-state index contributed by atoms with van der Waals surface area (Å²) < 4.78 is 29.0. The van der Waals surface area contributed by atoms with E-state index in [4.69, 9.17) is 4.74 Å².